The molecule has 2 atom stereocenters. The van der Waals surface area contributed by atoms with Crippen molar-refractivity contribution in [1.29, 1.82) is 0 Å². The third-order valence-electron chi connectivity index (χ3n) is 17.1. The molecule has 9 aromatic rings. The van der Waals surface area contributed by atoms with Gasteiger partial charge in [-0.3, -0.25) is 25.2 Å². The van der Waals surface area contributed by atoms with Gasteiger partial charge in [-0.25, -0.2) is 38.5 Å². The number of H-pyrrole nitrogens is 4. The highest BCUT2D eigenvalue weighted by Crippen LogP contribution is 2.43. The minimum atomic E-state index is -3.73. The molecule has 0 spiro atoms. The van der Waals surface area contributed by atoms with Crippen molar-refractivity contribution in [1.82, 2.24) is 85.6 Å². The predicted molar refractivity (Wildman–Crippen MR) is 376 cm³/mol. The molecule has 33 heteroatoms. The van der Waals surface area contributed by atoms with E-state index in [9.17, 15) is 13.2 Å². The average molecular weight is 1410 g/mol. The normalized spacial score (nSPS) is 18.1. The van der Waals surface area contributed by atoms with Crippen molar-refractivity contribution in [3.05, 3.63) is 105 Å². The number of halogens is 1. The molecule has 97 heavy (non-hydrogen) atoms. The van der Waals surface area contributed by atoms with E-state index in [-0.39, 0.29) is 23.6 Å². The number of carbonyl (C=O) groups excluding carboxylic acids is 1. The van der Waals surface area contributed by atoms with Crippen molar-refractivity contribution in [3.8, 4) is 47.7 Å². The summed E-state index contributed by atoms with van der Waals surface area (Å²) in [5, 5.41) is 47.2. The van der Waals surface area contributed by atoms with E-state index in [4.69, 9.17) is 35.9 Å². The molecule has 4 saturated carbocycles. The Bertz CT molecular complexity index is 4440. The highest BCUT2D eigenvalue weighted by Gasteiger charge is 2.31. The lowest BCUT2D eigenvalue weighted by Crippen LogP contribution is -2.48. The van der Waals surface area contributed by atoms with Gasteiger partial charge in [-0.1, -0.05) is 17.8 Å². The molecule has 0 radical (unpaired) electrons. The summed E-state index contributed by atoms with van der Waals surface area (Å²) in [7, 11) is -3.73. The van der Waals surface area contributed by atoms with Crippen LogP contribution in [0.25, 0.3) is 10.7 Å². The molecule has 4 aliphatic carbocycles. The smallest absolute Gasteiger partial charge is 0.247 e. The molecule has 12 heterocycles. The van der Waals surface area contributed by atoms with Crippen LogP contribution in [0.2, 0.25) is 0 Å². The molecule has 7 fully saturated rings. The molecular formula is C64H74BrN27O3S2. The number of sulfonamides is 1. The van der Waals surface area contributed by atoms with Crippen LogP contribution in [0.15, 0.2) is 69.9 Å². The van der Waals surface area contributed by atoms with Crippen LogP contribution in [-0.2, 0) is 14.8 Å². The van der Waals surface area contributed by atoms with Crippen molar-refractivity contribution < 1.29 is 14.6 Å². The summed E-state index contributed by atoms with van der Waals surface area (Å²) in [6.07, 6.45) is 34.9. The van der Waals surface area contributed by atoms with Gasteiger partial charge in [0.05, 0.1) is 44.6 Å². The first-order chi connectivity index (χ1) is 47.0. The van der Waals surface area contributed by atoms with Crippen LogP contribution in [0.3, 0.4) is 0 Å². The van der Waals surface area contributed by atoms with Gasteiger partial charge in [0, 0.05) is 150 Å². The topological polar surface area (TPSA) is 408 Å². The molecule has 0 unspecified atom stereocenters. The molecule has 3 saturated heterocycles. The molecule has 30 nitrogen and oxygen atoms in total. The van der Waals surface area contributed by atoms with Gasteiger partial charge >= 0.3 is 0 Å². The number of anilines is 11. The number of aromatic amines is 4. The maximum Gasteiger partial charge on any atom is 0.247 e. The first-order valence-electron chi connectivity index (χ1n) is 32.0. The molecular weight excluding hydrogens is 1340 g/mol. The number of nitrogens with one attached hydrogen (secondary N) is 8. The third-order valence-corrected chi connectivity index (χ3v) is 20.2. The zero-order valence-corrected chi connectivity index (χ0v) is 56.2. The average Bonchev–Trinajstić information content (AvgIpc) is 1.78. The standard InChI is InChI=1S/C18H21N7O.2C16H19N7.C14H13BrN6O2S2.H2/c1-3-13-11-19-18(25-8-6-24(7-9-25)12(2)26)21-17(13)20-16-10-15(22-23-16)14-4-5-14;2*1-2-10-8-18-16(23-6-5-12(17)9-23)20-15(10)19-14-7-13(21-22-14)11-3-4-11;15-8-6-17-14(10-3-4-12(24-10)25(16,22)23)19-13(8)18-11-5-9(20-21-11)7-1-2-7;/h1,10-11,14H,4-9H2,2H3,(H2,19,20,21,22,23);2*1,7-8,11-12H,3-6,9,17H2,(H2,18,19,20,21,22);3-7H,1-2H2,(H2,16,22,23)(H2,17,18,19,20,21);1H/t;2*12-;;/m.10../s1. The minimum Gasteiger partial charge on any atom is -0.339 e. The molecule has 7 aliphatic rings. The molecule has 14 N–H and O–H groups in total. The largest absolute Gasteiger partial charge is 0.339 e. The van der Waals surface area contributed by atoms with E-state index in [1.54, 1.807) is 37.8 Å². The Hall–Kier alpha value is -10.1. The van der Waals surface area contributed by atoms with Crippen LogP contribution < -0.4 is 52.6 Å². The van der Waals surface area contributed by atoms with E-state index in [2.05, 4.69) is 150 Å². The fourth-order valence-corrected chi connectivity index (χ4v) is 13.0. The van der Waals surface area contributed by atoms with E-state index in [0.29, 0.717) is 134 Å². The Morgan fingerprint density at radius 3 is 1.26 bits per heavy atom. The minimum absolute atomic E-state index is 0. The van der Waals surface area contributed by atoms with Crippen LogP contribution >= 0.6 is 27.3 Å². The molecule has 16 rings (SSSR count). The summed E-state index contributed by atoms with van der Waals surface area (Å²) in [5.74, 6) is 17.8. The van der Waals surface area contributed by atoms with Gasteiger partial charge in [0.1, 0.15) is 10.0 Å². The van der Waals surface area contributed by atoms with Crippen LogP contribution in [0.5, 0.6) is 0 Å². The van der Waals surface area contributed by atoms with E-state index in [1.807, 2.05) is 29.2 Å². The van der Waals surface area contributed by atoms with Gasteiger partial charge in [0.25, 0.3) is 0 Å². The quantitative estimate of drug-likeness (QED) is 0.0397. The highest BCUT2D eigenvalue weighted by molar-refractivity contribution is 9.10. The number of aromatic nitrogens is 16. The Balaban J connectivity index is 0.000000124. The van der Waals surface area contributed by atoms with Crippen molar-refractivity contribution >= 4 is 108 Å². The maximum atomic E-state index is 11.5. The maximum absolute atomic E-state index is 11.5. The second-order valence-corrected chi connectivity index (χ2v) is 28.4. The Morgan fingerprint density at radius 1 is 0.546 bits per heavy atom. The Labute approximate surface area is 573 Å². The summed E-state index contributed by atoms with van der Waals surface area (Å²) in [6.45, 7) is 7.59. The van der Waals surface area contributed by atoms with Gasteiger partial charge in [0.2, 0.25) is 33.8 Å². The van der Waals surface area contributed by atoms with Crippen LogP contribution in [0.4, 0.5) is 64.4 Å². The van der Waals surface area contributed by atoms with Gasteiger partial charge in [-0.05, 0) is 92.3 Å². The zero-order chi connectivity index (χ0) is 67.3. The Kier molecular flexibility index (Phi) is 19.4. The summed E-state index contributed by atoms with van der Waals surface area (Å²) >= 11 is 4.43. The molecule has 502 valence electrons. The van der Waals surface area contributed by atoms with E-state index in [1.165, 1.54) is 57.4 Å². The van der Waals surface area contributed by atoms with Gasteiger partial charge in [-0.15, -0.1) is 30.6 Å². The number of nitrogens with two attached hydrogens (primary N) is 3. The highest BCUT2D eigenvalue weighted by atomic mass is 79.9. The molecule has 0 aromatic carbocycles. The number of nitrogens with zero attached hydrogens (tertiary/aromatic N) is 16. The number of terminal acetylenes is 3. The lowest BCUT2D eigenvalue weighted by Gasteiger charge is -2.34. The van der Waals surface area contributed by atoms with Crippen molar-refractivity contribution in [2.45, 2.75) is 111 Å². The van der Waals surface area contributed by atoms with Gasteiger partial charge < -0.3 is 52.3 Å². The number of rotatable bonds is 17. The first-order valence-corrected chi connectivity index (χ1v) is 35.1. The van der Waals surface area contributed by atoms with Crippen LogP contribution in [0, 0.1) is 37.0 Å². The van der Waals surface area contributed by atoms with Crippen molar-refractivity contribution in [3.63, 3.8) is 0 Å². The van der Waals surface area contributed by atoms with Crippen molar-refractivity contribution in [2.24, 2.45) is 16.6 Å². The van der Waals surface area contributed by atoms with E-state index < -0.39 is 10.0 Å². The lowest BCUT2D eigenvalue weighted by molar-refractivity contribution is -0.129. The SMILES string of the molecule is C#Cc1cnc(N2CCN(C(C)=O)CC2)nc1Nc1cc(C2CC2)[nH]n1.C#Cc1cnc(N2CC[C@@H](N)C2)nc1Nc1cc(C2CC2)[nH]n1.C#Cc1cnc(N2CC[C@H](N)C2)nc1Nc1cc(C2CC2)[nH]n1.NS(=O)(=O)c1ccc(-c2ncc(Br)c(Nc3cc(C4CC4)[nH]n3)n2)s1.[HH]. The zero-order valence-electron chi connectivity index (χ0n) is 53.0. The summed E-state index contributed by atoms with van der Waals surface area (Å²) in [6, 6.07) is 11.4. The number of amides is 1. The second-order valence-electron chi connectivity index (χ2n) is 24.7. The van der Waals surface area contributed by atoms with Crippen LogP contribution in [0.1, 0.15) is 136 Å². The number of thiophene rings is 1. The Morgan fingerprint density at radius 2 is 0.928 bits per heavy atom. The molecule has 9 aromatic heterocycles. The van der Waals surface area contributed by atoms with Crippen molar-refractivity contribution in [2.75, 3.05) is 88.3 Å². The fourth-order valence-electron chi connectivity index (χ4n) is 11.0. The predicted octanol–water partition coefficient (Wildman–Crippen LogP) is 7.35. The number of carbonyl (C=O) groups is 1. The first kappa shape index (κ1) is 65.6. The number of hydrogen-bond acceptors (Lipinski definition) is 25. The lowest BCUT2D eigenvalue weighted by atomic mass is 10.3. The molecule has 1 amide bonds. The molecule has 0 bridgehead atoms. The summed E-state index contributed by atoms with van der Waals surface area (Å²) < 4.78 is 23.6. The number of hydrogen-bond donors (Lipinski definition) is 11. The number of piperazine rings is 1. The third kappa shape index (κ3) is 16.6. The van der Waals surface area contributed by atoms with Crippen LogP contribution in [-0.4, -0.2) is 164 Å². The monoisotopic (exact) mass is 1410 g/mol. The summed E-state index contributed by atoms with van der Waals surface area (Å²) in [4.78, 5) is 55.7. The number of primary sulfonamides is 1. The van der Waals surface area contributed by atoms with E-state index in [0.717, 1.165) is 84.8 Å². The second kappa shape index (κ2) is 28.7. The van der Waals surface area contributed by atoms with E-state index >= 15 is 0 Å². The molecule has 3 aliphatic heterocycles. The van der Waals surface area contributed by atoms with Gasteiger partial charge in [0.15, 0.2) is 46.5 Å². The van der Waals surface area contributed by atoms with Gasteiger partial charge in [-0.2, -0.15) is 35.3 Å². The fraction of sp³-hybridized carbons (Fsp3) is 0.391. The summed E-state index contributed by atoms with van der Waals surface area (Å²) in [5.41, 5.74) is 18.3.